The number of rotatable bonds is 7. The van der Waals surface area contributed by atoms with Crippen molar-refractivity contribution in [3.8, 4) is 0 Å². The van der Waals surface area contributed by atoms with E-state index in [1.807, 2.05) is 34.3 Å². The monoisotopic (exact) mass is 393 g/mol. The third-order valence-electron chi connectivity index (χ3n) is 3.65. The Labute approximate surface area is 157 Å². The molecular weight excluding hydrogens is 377 g/mol. The number of benzene rings is 1. The zero-order valence-electron chi connectivity index (χ0n) is 13.1. The highest BCUT2D eigenvalue weighted by atomic mass is 32.2. The van der Waals surface area contributed by atoms with Crippen LogP contribution < -0.4 is 5.32 Å². The molecule has 0 aliphatic heterocycles. The van der Waals surface area contributed by atoms with E-state index < -0.39 is 5.60 Å². The Morgan fingerprint density at radius 1 is 1.20 bits per heavy atom. The summed E-state index contributed by atoms with van der Waals surface area (Å²) in [5, 5.41) is 19.7. The minimum absolute atomic E-state index is 0.104. The largest absolute Gasteiger partial charge is 0.378 e. The zero-order valence-corrected chi connectivity index (χ0v) is 15.6. The molecule has 1 aromatic carbocycles. The zero-order chi connectivity index (χ0) is 17.7. The number of nitrogens with one attached hydrogen (secondary N) is 1. The SMILES string of the molecule is O=C(CSc1ccc(F)cc1)NC[C@@](O)(c1ccsc1)c1cccs1. The molecule has 0 fully saturated rings. The summed E-state index contributed by atoms with van der Waals surface area (Å²) in [7, 11) is 0. The van der Waals surface area contributed by atoms with Crippen LogP contribution in [0.2, 0.25) is 0 Å². The van der Waals surface area contributed by atoms with Gasteiger partial charge in [-0.3, -0.25) is 4.79 Å². The molecule has 0 unspecified atom stereocenters. The topological polar surface area (TPSA) is 49.3 Å². The van der Waals surface area contributed by atoms with Crippen molar-refractivity contribution in [3.05, 3.63) is 74.9 Å². The molecule has 0 aliphatic rings. The highest BCUT2D eigenvalue weighted by Crippen LogP contribution is 2.33. The van der Waals surface area contributed by atoms with Crippen LogP contribution in [-0.2, 0) is 10.4 Å². The molecule has 0 bridgehead atoms. The average molecular weight is 394 g/mol. The minimum Gasteiger partial charge on any atom is -0.378 e. The molecule has 1 amide bonds. The summed E-state index contributed by atoms with van der Waals surface area (Å²) in [6, 6.07) is 11.6. The molecule has 0 saturated carbocycles. The maximum absolute atomic E-state index is 12.9. The van der Waals surface area contributed by atoms with E-state index in [-0.39, 0.29) is 24.0 Å². The molecule has 0 spiro atoms. The molecule has 2 heterocycles. The average Bonchev–Trinajstić information content (AvgIpc) is 3.33. The summed E-state index contributed by atoms with van der Waals surface area (Å²) in [4.78, 5) is 13.8. The molecule has 7 heteroatoms. The number of carbonyl (C=O) groups is 1. The van der Waals surface area contributed by atoms with E-state index >= 15 is 0 Å². The van der Waals surface area contributed by atoms with Crippen molar-refractivity contribution in [2.45, 2.75) is 10.5 Å². The number of thioether (sulfide) groups is 1. The van der Waals surface area contributed by atoms with Crippen LogP contribution in [0.1, 0.15) is 10.4 Å². The molecule has 25 heavy (non-hydrogen) atoms. The van der Waals surface area contributed by atoms with Crippen molar-refractivity contribution in [1.82, 2.24) is 5.32 Å². The Morgan fingerprint density at radius 2 is 2.00 bits per heavy atom. The third kappa shape index (κ3) is 4.49. The van der Waals surface area contributed by atoms with Gasteiger partial charge < -0.3 is 10.4 Å². The molecule has 130 valence electrons. The fourth-order valence-electron chi connectivity index (χ4n) is 2.30. The van der Waals surface area contributed by atoms with Crippen LogP contribution in [0, 0.1) is 5.82 Å². The van der Waals surface area contributed by atoms with Crippen LogP contribution in [0.5, 0.6) is 0 Å². The molecule has 0 saturated heterocycles. The van der Waals surface area contributed by atoms with E-state index in [0.717, 1.165) is 15.3 Å². The van der Waals surface area contributed by atoms with E-state index in [1.54, 1.807) is 12.1 Å². The fraction of sp³-hybridized carbons (Fsp3) is 0.167. The number of hydrogen-bond acceptors (Lipinski definition) is 5. The van der Waals surface area contributed by atoms with Gasteiger partial charge in [-0.05, 0) is 52.5 Å². The molecule has 1 atom stereocenters. The van der Waals surface area contributed by atoms with Crippen LogP contribution in [0.25, 0.3) is 0 Å². The first-order chi connectivity index (χ1) is 12.1. The third-order valence-corrected chi connectivity index (χ3v) is 6.37. The Bertz CT molecular complexity index is 767. The number of halogens is 1. The number of hydrogen-bond donors (Lipinski definition) is 2. The summed E-state index contributed by atoms with van der Waals surface area (Å²) in [6.45, 7) is 0.104. The lowest BCUT2D eigenvalue weighted by Crippen LogP contribution is -2.41. The van der Waals surface area contributed by atoms with E-state index in [0.29, 0.717) is 0 Å². The van der Waals surface area contributed by atoms with Gasteiger partial charge in [0.1, 0.15) is 11.4 Å². The summed E-state index contributed by atoms with van der Waals surface area (Å²) in [5.74, 6) is -0.277. The lowest BCUT2D eigenvalue weighted by molar-refractivity contribution is -0.119. The van der Waals surface area contributed by atoms with Crippen LogP contribution in [0.3, 0.4) is 0 Å². The predicted octanol–water partition coefficient (Wildman–Crippen LogP) is 4.09. The Hall–Kier alpha value is -1.67. The summed E-state index contributed by atoms with van der Waals surface area (Å²) in [6.07, 6.45) is 0. The van der Waals surface area contributed by atoms with E-state index in [2.05, 4.69) is 5.32 Å². The van der Waals surface area contributed by atoms with Gasteiger partial charge in [0, 0.05) is 15.3 Å². The second-order valence-corrected chi connectivity index (χ2v) is 8.15. The van der Waals surface area contributed by atoms with Gasteiger partial charge in [-0.2, -0.15) is 11.3 Å². The fourth-order valence-corrected chi connectivity index (χ4v) is 4.60. The lowest BCUT2D eigenvalue weighted by Gasteiger charge is -2.27. The van der Waals surface area contributed by atoms with Crippen molar-refractivity contribution in [2.75, 3.05) is 12.3 Å². The van der Waals surface area contributed by atoms with Crippen molar-refractivity contribution in [3.63, 3.8) is 0 Å². The normalized spacial score (nSPS) is 13.4. The predicted molar refractivity (Wildman–Crippen MR) is 102 cm³/mol. The summed E-state index contributed by atoms with van der Waals surface area (Å²) < 4.78 is 12.9. The van der Waals surface area contributed by atoms with Crippen LogP contribution in [-0.4, -0.2) is 23.3 Å². The van der Waals surface area contributed by atoms with Gasteiger partial charge in [-0.25, -0.2) is 4.39 Å². The first-order valence-electron chi connectivity index (χ1n) is 7.52. The van der Waals surface area contributed by atoms with E-state index in [4.69, 9.17) is 0 Å². The number of aliphatic hydroxyl groups is 1. The highest BCUT2D eigenvalue weighted by Gasteiger charge is 2.33. The maximum atomic E-state index is 12.9. The van der Waals surface area contributed by atoms with Crippen molar-refractivity contribution < 1.29 is 14.3 Å². The van der Waals surface area contributed by atoms with Gasteiger partial charge in [-0.15, -0.1) is 23.1 Å². The Morgan fingerprint density at radius 3 is 2.64 bits per heavy atom. The Balaban J connectivity index is 1.61. The summed E-state index contributed by atoms with van der Waals surface area (Å²) >= 11 is 4.28. The van der Waals surface area contributed by atoms with E-state index in [1.165, 1.54) is 46.6 Å². The molecule has 3 aromatic rings. The minimum atomic E-state index is -1.23. The standard InChI is InChI=1S/C18H16FNO2S3/c19-14-3-5-15(6-4-14)25-11-17(21)20-12-18(22,13-7-9-23-10-13)16-2-1-8-24-16/h1-10,22H,11-12H2,(H,20,21)/t18-/m1/s1. The number of thiophene rings is 2. The first-order valence-corrected chi connectivity index (χ1v) is 10.3. The van der Waals surface area contributed by atoms with Crippen molar-refractivity contribution in [1.29, 1.82) is 0 Å². The second kappa shape index (κ2) is 8.14. The second-order valence-electron chi connectivity index (χ2n) is 5.37. The molecule has 3 rings (SSSR count). The van der Waals surface area contributed by atoms with Gasteiger partial charge in [0.15, 0.2) is 0 Å². The van der Waals surface area contributed by atoms with Gasteiger partial charge in [0.2, 0.25) is 5.91 Å². The van der Waals surface area contributed by atoms with Crippen LogP contribution >= 0.6 is 34.4 Å². The highest BCUT2D eigenvalue weighted by molar-refractivity contribution is 8.00. The molecule has 3 nitrogen and oxygen atoms in total. The smallest absolute Gasteiger partial charge is 0.230 e. The molecule has 2 aromatic heterocycles. The quantitative estimate of drug-likeness (QED) is 0.595. The van der Waals surface area contributed by atoms with Gasteiger partial charge in [-0.1, -0.05) is 6.07 Å². The Kier molecular flexibility index (Phi) is 5.90. The van der Waals surface area contributed by atoms with Crippen LogP contribution in [0.15, 0.2) is 63.5 Å². The summed E-state index contributed by atoms with van der Waals surface area (Å²) in [5.41, 5.74) is -0.462. The van der Waals surface area contributed by atoms with E-state index in [9.17, 15) is 14.3 Å². The molecule has 0 aliphatic carbocycles. The first kappa shape index (κ1) is 18.1. The van der Waals surface area contributed by atoms with Crippen molar-refractivity contribution in [2.24, 2.45) is 0 Å². The molecule has 0 radical (unpaired) electrons. The van der Waals surface area contributed by atoms with Crippen molar-refractivity contribution >= 4 is 40.3 Å². The lowest BCUT2D eigenvalue weighted by atomic mass is 9.94. The van der Waals surface area contributed by atoms with Crippen LogP contribution in [0.4, 0.5) is 4.39 Å². The molecule has 2 N–H and O–H groups in total. The van der Waals surface area contributed by atoms with Gasteiger partial charge in [0.05, 0.1) is 12.3 Å². The van der Waals surface area contributed by atoms with Gasteiger partial charge >= 0.3 is 0 Å². The molecular formula is C18H16FNO2S3. The number of amides is 1. The maximum Gasteiger partial charge on any atom is 0.230 e. The number of carbonyl (C=O) groups excluding carboxylic acids is 1. The van der Waals surface area contributed by atoms with Gasteiger partial charge in [0.25, 0.3) is 0 Å².